The van der Waals surface area contributed by atoms with Gasteiger partial charge in [0.25, 0.3) is 0 Å². The van der Waals surface area contributed by atoms with Crippen LogP contribution in [-0.4, -0.2) is 21.1 Å². The Bertz CT molecular complexity index is 87.5. The van der Waals surface area contributed by atoms with E-state index in [-0.39, 0.29) is 0 Å². The van der Waals surface area contributed by atoms with E-state index in [2.05, 4.69) is 19.6 Å². The first-order chi connectivity index (χ1) is 4.06. The third kappa shape index (κ3) is 7.69. The van der Waals surface area contributed by atoms with E-state index in [1.165, 1.54) is 0 Å². The van der Waals surface area contributed by atoms with Gasteiger partial charge in [-0.3, -0.25) is 5.41 Å². The highest BCUT2D eigenvalue weighted by molar-refractivity contribution is 6.76. The summed E-state index contributed by atoms with van der Waals surface area (Å²) < 4.78 is 4.79. The Morgan fingerprint density at radius 2 is 2.00 bits per heavy atom. The molecule has 0 aliphatic carbocycles. The predicted octanol–water partition coefficient (Wildman–Crippen LogP) is 1.95. The molecule has 0 atom stereocenters. The van der Waals surface area contributed by atoms with Crippen molar-refractivity contribution in [2.45, 2.75) is 25.7 Å². The molecule has 0 amide bonds. The molecule has 3 heteroatoms. The second-order valence-corrected chi connectivity index (χ2v) is 8.92. The Labute approximate surface area is 57.7 Å². The SMILES string of the molecule is C[Si](C)(C)CCOC=N. The summed E-state index contributed by atoms with van der Waals surface area (Å²) in [4.78, 5) is 0. The van der Waals surface area contributed by atoms with Gasteiger partial charge in [0.15, 0.2) is 6.40 Å². The molecule has 0 unspecified atom stereocenters. The molecular formula is C6H15NOSi. The molecule has 0 bridgehead atoms. The van der Waals surface area contributed by atoms with Gasteiger partial charge < -0.3 is 4.74 Å². The van der Waals surface area contributed by atoms with Crippen LogP contribution in [-0.2, 0) is 4.74 Å². The molecule has 1 N–H and O–H groups in total. The van der Waals surface area contributed by atoms with Crippen LogP contribution < -0.4 is 0 Å². The van der Waals surface area contributed by atoms with Gasteiger partial charge in [0, 0.05) is 8.07 Å². The van der Waals surface area contributed by atoms with Gasteiger partial charge in [-0.2, -0.15) is 0 Å². The number of nitrogens with one attached hydrogen (secondary N) is 1. The maximum Gasteiger partial charge on any atom is 0.166 e. The third-order valence-electron chi connectivity index (χ3n) is 1.05. The summed E-state index contributed by atoms with van der Waals surface area (Å²) in [6, 6.07) is 1.14. The third-order valence-corrected chi connectivity index (χ3v) is 2.76. The molecule has 2 nitrogen and oxygen atoms in total. The fraction of sp³-hybridized carbons (Fsp3) is 0.833. The van der Waals surface area contributed by atoms with Crippen molar-refractivity contribution in [3.63, 3.8) is 0 Å². The number of hydrogen-bond acceptors (Lipinski definition) is 2. The summed E-state index contributed by atoms with van der Waals surface area (Å²) in [5.74, 6) is 0. The lowest BCUT2D eigenvalue weighted by molar-refractivity contribution is 0.339. The fourth-order valence-electron chi connectivity index (χ4n) is 0.424. The molecule has 0 radical (unpaired) electrons. The van der Waals surface area contributed by atoms with Crippen molar-refractivity contribution in [1.29, 1.82) is 5.41 Å². The lowest BCUT2D eigenvalue weighted by Gasteiger charge is -2.13. The second kappa shape index (κ2) is 3.66. The maximum absolute atomic E-state index is 6.58. The van der Waals surface area contributed by atoms with Crippen molar-refractivity contribution < 1.29 is 4.74 Å². The number of hydrogen-bond donors (Lipinski definition) is 1. The molecule has 0 rings (SSSR count). The van der Waals surface area contributed by atoms with Gasteiger partial charge in [-0.15, -0.1) is 0 Å². The molecule has 0 aromatic carbocycles. The van der Waals surface area contributed by atoms with E-state index in [4.69, 9.17) is 10.1 Å². The molecule has 9 heavy (non-hydrogen) atoms. The van der Waals surface area contributed by atoms with Gasteiger partial charge in [0.1, 0.15) is 0 Å². The quantitative estimate of drug-likeness (QED) is 0.279. The smallest absolute Gasteiger partial charge is 0.166 e. The monoisotopic (exact) mass is 145 g/mol. The first-order valence-electron chi connectivity index (χ1n) is 3.17. The Balaban J connectivity index is 3.17. The van der Waals surface area contributed by atoms with Crippen LogP contribution in [0.5, 0.6) is 0 Å². The standard InChI is InChI=1S/C6H15NOSi/c1-9(2,3)5-4-8-6-7/h6-7H,4-5H2,1-3H3. The Hall–Kier alpha value is -0.313. The lowest BCUT2D eigenvalue weighted by Crippen LogP contribution is -2.21. The maximum atomic E-state index is 6.58. The molecule has 0 aromatic rings. The second-order valence-electron chi connectivity index (χ2n) is 3.30. The average Bonchev–Trinajstić information content (AvgIpc) is 1.63. The van der Waals surface area contributed by atoms with Crippen molar-refractivity contribution in [2.75, 3.05) is 6.61 Å². The minimum atomic E-state index is -0.923. The fourth-order valence-corrected chi connectivity index (χ4v) is 1.15. The Kier molecular flexibility index (Phi) is 3.54. The Morgan fingerprint density at radius 1 is 1.44 bits per heavy atom. The minimum absolute atomic E-state index is 0.721. The molecule has 0 fully saturated rings. The summed E-state index contributed by atoms with van der Waals surface area (Å²) in [5.41, 5.74) is 0. The van der Waals surface area contributed by atoms with E-state index in [0.29, 0.717) is 0 Å². The first-order valence-corrected chi connectivity index (χ1v) is 6.87. The molecule has 0 saturated carbocycles. The molecule has 0 aromatic heterocycles. The van der Waals surface area contributed by atoms with E-state index in [1.54, 1.807) is 0 Å². The predicted molar refractivity (Wildman–Crippen MR) is 42.9 cm³/mol. The van der Waals surface area contributed by atoms with Gasteiger partial charge in [0.2, 0.25) is 0 Å². The van der Waals surface area contributed by atoms with Crippen LogP contribution in [0.4, 0.5) is 0 Å². The van der Waals surface area contributed by atoms with Gasteiger partial charge in [-0.1, -0.05) is 19.6 Å². The number of rotatable bonds is 4. The van der Waals surface area contributed by atoms with Crippen molar-refractivity contribution >= 4 is 14.5 Å². The zero-order valence-electron chi connectivity index (χ0n) is 6.40. The highest BCUT2D eigenvalue weighted by Gasteiger charge is 2.11. The van der Waals surface area contributed by atoms with Crippen molar-refractivity contribution in [3.05, 3.63) is 0 Å². The van der Waals surface area contributed by atoms with E-state index in [9.17, 15) is 0 Å². The molecule has 0 heterocycles. The van der Waals surface area contributed by atoms with E-state index >= 15 is 0 Å². The van der Waals surface area contributed by atoms with Crippen LogP contribution in [0.2, 0.25) is 25.7 Å². The van der Waals surface area contributed by atoms with Crippen LogP contribution in [0.15, 0.2) is 0 Å². The van der Waals surface area contributed by atoms with Crippen molar-refractivity contribution in [2.24, 2.45) is 0 Å². The highest BCUT2D eigenvalue weighted by Crippen LogP contribution is 2.06. The normalized spacial score (nSPS) is 11.0. The van der Waals surface area contributed by atoms with Gasteiger partial charge >= 0.3 is 0 Å². The van der Waals surface area contributed by atoms with Crippen LogP contribution in [0.3, 0.4) is 0 Å². The van der Waals surface area contributed by atoms with Crippen LogP contribution in [0.1, 0.15) is 0 Å². The summed E-state index contributed by atoms with van der Waals surface area (Å²) in [6.45, 7) is 7.60. The molecule has 0 aliphatic rings. The molecule has 0 spiro atoms. The van der Waals surface area contributed by atoms with Gasteiger partial charge in [-0.05, 0) is 6.04 Å². The van der Waals surface area contributed by atoms with Crippen LogP contribution in [0, 0.1) is 5.41 Å². The van der Waals surface area contributed by atoms with Gasteiger partial charge in [-0.25, -0.2) is 0 Å². The minimum Gasteiger partial charge on any atom is -0.484 e. The zero-order chi connectivity index (χ0) is 7.33. The largest absolute Gasteiger partial charge is 0.484 e. The van der Waals surface area contributed by atoms with Gasteiger partial charge in [0.05, 0.1) is 6.61 Å². The highest BCUT2D eigenvalue weighted by atomic mass is 28.3. The Morgan fingerprint density at radius 3 is 2.33 bits per heavy atom. The number of ether oxygens (including phenoxy) is 1. The van der Waals surface area contributed by atoms with Crippen LogP contribution in [0.25, 0.3) is 0 Å². The molecule has 0 aliphatic heterocycles. The van der Waals surface area contributed by atoms with Crippen molar-refractivity contribution in [1.82, 2.24) is 0 Å². The molecule has 0 saturated heterocycles. The molecular weight excluding hydrogens is 130 g/mol. The van der Waals surface area contributed by atoms with Crippen molar-refractivity contribution in [3.8, 4) is 0 Å². The zero-order valence-corrected chi connectivity index (χ0v) is 7.40. The average molecular weight is 145 g/mol. The lowest BCUT2D eigenvalue weighted by atomic mass is 10.9. The van der Waals surface area contributed by atoms with E-state index < -0.39 is 8.07 Å². The molecule has 54 valence electrons. The summed E-state index contributed by atoms with van der Waals surface area (Å²) in [5, 5.41) is 6.58. The summed E-state index contributed by atoms with van der Waals surface area (Å²) >= 11 is 0. The van der Waals surface area contributed by atoms with Crippen LogP contribution >= 0.6 is 0 Å². The first kappa shape index (κ1) is 8.69. The van der Waals surface area contributed by atoms with E-state index in [0.717, 1.165) is 19.1 Å². The topological polar surface area (TPSA) is 33.1 Å². The summed E-state index contributed by atoms with van der Waals surface area (Å²) in [7, 11) is -0.923. The van der Waals surface area contributed by atoms with E-state index in [1.807, 2.05) is 0 Å². The summed E-state index contributed by atoms with van der Waals surface area (Å²) in [6.07, 6.45) is 1.01.